The van der Waals surface area contributed by atoms with Crippen molar-refractivity contribution in [3.8, 4) is 0 Å². The number of para-hydroxylation sites is 2. The third-order valence-corrected chi connectivity index (χ3v) is 5.26. The monoisotopic (exact) mass is 496 g/mol. The molecular formula is C26H36N6O4. The fourth-order valence-electron chi connectivity index (χ4n) is 3.32. The molecule has 0 fully saturated rings. The minimum atomic E-state index is -0.754. The van der Waals surface area contributed by atoms with Gasteiger partial charge >= 0.3 is 12.1 Å². The van der Waals surface area contributed by atoms with Crippen LogP contribution < -0.4 is 31.9 Å². The molecule has 36 heavy (non-hydrogen) atoms. The summed E-state index contributed by atoms with van der Waals surface area (Å²) in [6.45, 7) is 7.64. The van der Waals surface area contributed by atoms with E-state index in [4.69, 9.17) is 0 Å². The van der Waals surface area contributed by atoms with Gasteiger partial charge < -0.3 is 31.9 Å². The van der Waals surface area contributed by atoms with Crippen molar-refractivity contribution in [1.29, 1.82) is 0 Å². The Morgan fingerprint density at radius 3 is 1.22 bits per heavy atom. The van der Waals surface area contributed by atoms with Crippen LogP contribution in [-0.4, -0.2) is 49.0 Å². The van der Waals surface area contributed by atoms with Crippen LogP contribution in [0.5, 0.6) is 0 Å². The second-order valence-corrected chi connectivity index (χ2v) is 8.95. The number of carbonyl (C=O) groups excluding carboxylic acids is 4. The summed E-state index contributed by atoms with van der Waals surface area (Å²) >= 11 is 0. The van der Waals surface area contributed by atoms with Crippen LogP contribution in [-0.2, 0) is 9.59 Å². The van der Waals surface area contributed by atoms with Crippen molar-refractivity contribution in [3.05, 3.63) is 60.7 Å². The Hall–Kier alpha value is -4.08. The number of nitrogens with one attached hydrogen (secondary N) is 6. The second-order valence-electron chi connectivity index (χ2n) is 8.95. The fraction of sp³-hybridized carbons (Fsp3) is 0.385. The topological polar surface area (TPSA) is 140 Å². The molecule has 0 heterocycles. The van der Waals surface area contributed by atoms with Crippen molar-refractivity contribution >= 4 is 35.3 Å². The van der Waals surface area contributed by atoms with Crippen molar-refractivity contribution in [1.82, 2.24) is 21.3 Å². The number of hydrogen-bond acceptors (Lipinski definition) is 4. The highest BCUT2D eigenvalue weighted by atomic mass is 16.2. The number of amides is 6. The van der Waals surface area contributed by atoms with Gasteiger partial charge in [-0.3, -0.25) is 9.59 Å². The molecule has 0 spiro atoms. The summed E-state index contributed by atoms with van der Waals surface area (Å²) in [4.78, 5) is 49.9. The molecule has 10 heteroatoms. The van der Waals surface area contributed by atoms with E-state index in [1.54, 1.807) is 48.5 Å². The lowest BCUT2D eigenvalue weighted by Crippen LogP contribution is -2.53. The normalized spacial score (nSPS) is 12.3. The Balaban J connectivity index is 1.79. The van der Waals surface area contributed by atoms with Crippen molar-refractivity contribution in [2.75, 3.05) is 23.7 Å². The Morgan fingerprint density at radius 2 is 0.917 bits per heavy atom. The molecule has 0 saturated heterocycles. The SMILES string of the molecule is CC(C)[C@H](NC(=O)Nc1ccccc1)C(=O)NCCNC(=O)[C@@H](NC(=O)Nc1ccccc1)C(C)C. The summed E-state index contributed by atoms with van der Waals surface area (Å²) in [6.07, 6.45) is 0. The number of hydrogen-bond donors (Lipinski definition) is 6. The van der Waals surface area contributed by atoms with Crippen molar-refractivity contribution in [2.24, 2.45) is 11.8 Å². The average molecular weight is 497 g/mol. The molecule has 0 saturated carbocycles. The number of anilines is 2. The summed E-state index contributed by atoms with van der Waals surface area (Å²) < 4.78 is 0. The number of carbonyl (C=O) groups is 4. The van der Waals surface area contributed by atoms with E-state index in [0.717, 1.165) is 0 Å². The van der Waals surface area contributed by atoms with Crippen LogP contribution in [0.2, 0.25) is 0 Å². The number of benzene rings is 2. The quantitative estimate of drug-likeness (QED) is 0.266. The van der Waals surface area contributed by atoms with Crippen LogP contribution in [0.25, 0.3) is 0 Å². The van der Waals surface area contributed by atoms with Gasteiger partial charge in [0.05, 0.1) is 0 Å². The molecular weight excluding hydrogens is 460 g/mol. The van der Waals surface area contributed by atoms with E-state index in [1.807, 2.05) is 39.8 Å². The van der Waals surface area contributed by atoms with Crippen LogP contribution >= 0.6 is 0 Å². The predicted octanol–water partition coefficient (Wildman–Crippen LogP) is 2.91. The van der Waals surface area contributed by atoms with Gasteiger partial charge in [0, 0.05) is 24.5 Å². The molecule has 0 aromatic heterocycles. The van der Waals surface area contributed by atoms with E-state index in [0.29, 0.717) is 11.4 Å². The summed E-state index contributed by atoms with van der Waals surface area (Å²) in [5.41, 5.74) is 1.23. The second kappa shape index (κ2) is 14.3. The first-order chi connectivity index (χ1) is 17.2. The van der Waals surface area contributed by atoms with E-state index in [2.05, 4.69) is 31.9 Å². The largest absolute Gasteiger partial charge is 0.353 e. The van der Waals surface area contributed by atoms with Gasteiger partial charge in [0.15, 0.2) is 0 Å². The minimum absolute atomic E-state index is 0.154. The molecule has 2 aromatic carbocycles. The Labute approximate surface area is 212 Å². The van der Waals surface area contributed by atoms with Gasteiger partial charge in [0.1, 0.15) is 12.1 Å². The van der Waals surface area contributed by atoms with Gasteiger partial charge in [-0.25, -0.2) is 9.59 Å². The Kier molecular flexibility index (Phi) is 11.2. The third kappa shape index (κ3) is 9.65. The van der Waals surface area contributed by atoms with Gasteiger partial charge in [0.2, 0.25) is 11.8 Å². The van der Waals surface area contributed by atoms with E-state index >= 15 is 0 Å². The van der Waals surface area contributed by atoms with Crippen LogP contribution in [0.3, 0.4) is 0 Å². The molecule has 0 aliphatic heterocycles. The van der Waals surface area contributed by atoms with Crippen LogP contribution in [0.4, 0.5) is 21.0 Å². The maximum atomic E-state index is 12.6. The number of urea groups is 2. The van der Waals surface area contributed by atoms with E-state index < -0.39 is 24.1 Å². The van der Waals surface area contributed by atoms with Gasteiger partial charge in [0.25, 0.3) is 0 Å². The standard InChI is InChI=1S/C26H36N6O4/c1-17(2)21(31-25(35)29-19-11-7-5-8-12-19)23(33)27-15-16-28-24(34)22(18(3)4)32-26(36)30-20-13-9-6-10-14-20/h5-14,17-18,21-22H,15-16H2,1-4H3,(H,27,33)(H,28,34)(H2,29,31,35)(H2,30,32,36)/t21-,22-/m0/s1. The van der Waals surface area contributed by atoms with Gasteiger partial charge in [-0.2, -0.15) is 0 Å². The maximum absolute atomic E-state index is 12.6. The maximum Gasteiger partial charge on any atom is 0.319 e. The van der Waals surface area contributed by atoms with Crippen molar-refractivity contribution in [2.45, 2.75) is 39.8 Å². The molecule has 10 nitrogen and oxygen atoms in total. The highest BCUT2D eigenvalue weighted by Gasteiger charge is 2.25. The molecule has 0 radical (unpaired) electrons. The third-order valence-electron chi connectivity index (χ3n) is 5.26. The zero-order valence-corrected chi connectivity index (χ0v) is 21.1. The molecule has 0 aliphatic rings. The molecule has 2 rings (SSSR count). The summed E-state index contributed by atoms with van der Waals surface area (Å²) in [6, 6.07) is 15.4. The lowest BCUT2D eigenvalue weighted by atomic mass is 10.0. The first kappa shape index (κ1) is 28.2. The van der Waals surface area contributed by atoms with E-state index in [1.165, 1.54) is 0 Å². The lowest BCUT2D eigenvalue weighted by molar-refractivity contribution is -0.125. The zero-order chi connectivity index (χ0) is 26.5. The molecule has 2 aromatic rings. The Morgan fingerprint density at radius 1 is 0.583 bits per heavy atom. The zero-order valence-electron chi connectivity index (χ0n) is 21.1. The smallest absolute Gasteiger partial charge is 0.319 e. The summed E-state index contributed by atoms with van der Waals surface area (Å²) in [5.74, 6) is -1.02. The molecule has 0 aliphatic carbocycles. The Bertz CT molecular complexity index is 917. The predicted molar refractivity (Wildman–Crippen MR) is 140 cm³/mol. The highest BCUT2D eigenvalue weighted by Crippen LogP contribution is 2.08. The van der Waals surface area contributed by atoms with Crippen molar-refractivity contribution in [3.63, 3.8) is 0 Å². The molecule has 6 N–H and O–H groups in total. The lowest BCUT2D eigenvalue weighted by Gasteiger charge is -2.23. The fourth-order valence-corrected chi connectivity index (χ4v) is 3.32. The van der Waals surface area contributed by atoms with E-state index in [-0.39, 0.29) is 36.7 Å². The first-order valence-electron chi connectivity index (χ1n) is 12.0. The molecule has 2 atom stereocenters. The molecule has 6 amide bonds. The molecule has 194 valence electrons. The van der Waals surface area contributed by atoms with Crippen LogP contribution in [0.1, 0.15) is 27.7 Å². The van der Waals surface area contributed by atoms with Crippen molar-refractivity contribution < 1.29 is 19.2 Å². The number of rotatable bonds is 11. The first-order valence-corrected chi connectivity index (χ1v) is 12.0. The average Bonchev–Trinajstić information content (AvgIpc) is 2.84. The van der Waals surface area contributed by atoms with Gasteiger partial charge in [-0.05, 0) is 36.1 Å². The molecule has 0 bridgehead atoms. The van der Waals surface area contributed by atoms with E-state index in [9.17, 15) is 19.2 Å². The summed E-state index contributed by atoms with van der Waals surface area (Å²) in [7, 11) is 0. The minimum Gasteiger partial charge on any atom is -0.353 e. The summed E-state index contributed by atoms with van der Waals surface area (Å²) in [5, 5.41) is 16.2. The van der Waals surface area contributed by atoms with Gasteiger partial charge in [-0.1, -0.05) is 64.1 Å². The highest BCUT2D eigenvalue weighted by molar-refractivity contribution is 5.94. The van der Waals surface area contributed by atoms with Crippen LogP contribution in [0.15, 0.2) is 60.7 Å². The molecule has 0 unspecified atom stereocenters. The van der Waals surface area contributed by atoms with Crippen LogP contribution in [0, 0.1) is 11.8 Å². The van der Waals surface area contributed by atoms with Gasteiger partial charge in [-0.15, -0.1) is 0 Å².